The molecule has 0 aliphatic carbocycles. The quantitative estimate of drug-likeness (QED) is 0.216. The standard InChI is InChI=1S/C28H18O10/c29-25(30)19-11-17(23(13-21(19)27(33)34)37-15-7-3-1-4-8-15)18-12-20(26(31)32)22(28(35)36)14-24(18)38-16-9-5-2-6-10-16/h1-14H,(H,29,30)(H,31,32)(H,33,34)(H,35,36). The van der Waals surface area contributed by atoms with Crippen LogP contribution in [0.15, 0.2) is 84.9 Å². The second kappa shape index (κ2) is 10.5. The summed E-state index contributed by atoms with van der Waals surface area (Å²) in [5, 5.41) is 38.7. The molecular formula is C28H18O10. The Hall–Kier alpha value is -5.64. The van der Waals surface area contributed by atoms with Crippen LogP contribution in [-0.4, -0.2) is 44.3 Å². The lowest BCUT2D eigenvalue weighted by Crippen LogP contribution is -2.11. The van der Waals surface area contributed by atoms with Crippen LogP contribution in [0, 0.1) is 0 Å². The molecule has 0 saturated heterocycles. The third-order valence-corrected chi connectivity index (χ3v) is 5.39. The molecule has 0 bridgehead atoms. The topological polar surface area (TPSA) is 168 Å². The van der Waals surface area contributed by atoms with Gasteiger partial charge in [-0.05, 0) is 48.5 Å². The molecule has 0 fully saturated rings. The zero-order valence-electron chi connectivity index (χ0n) is 19.3. The predicted molar refractivity (Wildman–Crippen MR) is 133 cm³/mol. The zero-order valence-corrected chi connectivity index (χ0v) is 19.3. The summed E-state index contributed by atoms with van der Waals surface area (Å²) < 4.78 is 11.8. The molecule has 0 radical (unpaired) electrons. The van der Waals surface area contributed by atoms with Crippen LogP contribution < -0.4 is 9.47 Å². The first kappa shape index (κ1) is 25.5. The Balaban J connectivity index is 2.06. The van der Waals surface area contributed by atoms with Gasteiger partial charge in [0.1, 0.15) is 23.0 Å². The van der Waals surface area contributed by atoms with Gasteiger partial charge in [0, 0.05) is 11.1 Å². The Kier molecular flexibility index (Phi) is 7.06. The van der Waals surface area contributed by atoms with Gasteiger partial charge in [-0.15, -0.1) is 0 Å². The maximum absolute atomic E-state index is 12.0. The van der Waals surface area contributed by atoms with E-state index in [0.29, 0.717) is 0 Å². The smallest absolute Gasteiger partial charge is 0.336 e. The van der Waals surface area contributed by atoms with Crippen LogP contribution in [0.2, 0.25) is 0 Å². The molecule has 4 rings (SSSR count). The van der Waals surface area contributed by atoms with E-state index in [1.54, 1.807) is 60.7 Å². The second-order valence-electron chi connectivity index (χ2n) is 7.84. The zero-order chi connectivity index (χ0) is 27.4. The van der Waals surface area contributed by atoms with Gasteiger partial charge in [0.15, 0.2) is 0 Å². The third-order valence-electron chi connectivity index (χ3n) is 5.39. The minimum absolute atomic E-state index is 0.0402. The van der Waals surface area contributed by atoms with Crippen molar-refractivity contribution in [2.24, 2.45) is 0 Å². The molecule has 4 N–H and O–H groups in total. The average molecular weight is 514 g/mol. The highest BCUT2D eigenvalue weighted by Crippen LogP contribution is 2.43. The summed E-state index contributed by atoms with van der Waals surface area (Å²) in [7, 11) is 0. The minimum Gasteiger partial charge on any atom is -0.478 e. The van der Waals surface area contributed by atoms with Crippen molar-refractivity contribution in [3.8, 4) is 34.1 Å². The van der Waals surface area contributed by atoms with Crippen molar-refractivity contribution in [2.75, 3.05) is 0 Å². The van der Waals surface area contributed by atoms with Crippen LogP contribution in [0.5, 0.6) is 23.0 Å². The molecule has 0 saturated carbocycles. The summed E-state index contributed by atoms with van der Waals surface area (Å²) in [4.78, 5) is 47.7. The Morgan fingerprint density at radius 1 is 0.447 bits per heavy atom. The van der Waals surface area contributed by atoms with E-state index in [1.807, 2.05) is 0 Å². The van der Waals surface area contributed by atoms with Crippen LogP contribution in [0.1, 0.15) is 41.4 Å². The molecule has 0 heterocycles. The van der Waals surface area contributed by atoms with E-state index in [1.165, 1.54) is 0 Å². The average Bonchev–Trinajstić information content (AvgIpc) is 2.89. The molecule has 0 amide bonds. The summed E-state index contributed by atoms with van der Waals surface area (Å²) in [5.74, 6) is -5.87. The van der Waals surface area contributed by atoms with Crippen molar-refractivity contribution in [3.05, 3.63) is 107 Å². The summed E-state index contributed by atoms with van der Waals surface area (Å²) >= 11 is 0. The number of benzene rings is 4. The van der Waals surface area contributed by atoms with E-state index in [2.05, 4.69) is 0 Å². The number of rotatable bonds is 9. The fourth-order valence-electron chi connectivity index (χ4n) is 3.69. The van der Waals surface area contributed by atoms with E-state index in [-0.39, 0.29) is 34.1 Å². The summed E-state index contributed by atoms with van der Waals surface area (Å²) in [6, 6.07) is 20.4. The largest absolute Gasteiger partial charge is 0.478 e. The molecule has 10 nitrogen and oxygen atoms in total. The second-order valence-corrected chi connectivity index (χ2v) is 7.84. The minimum atomic E-state index is -1.55. The maximum Gasteiger partial charge on any atom is 0.336 e. The molecular weight excluding hydrogens is 496 g/mol. The van der Waals surface area contributed by atoms with E-state index < -0.39 is 46.1 Å². The third kappa shape index (κ3) is 5.29. The number of carbonyl (C=O) groups is 4. The van der Waals surface area contributed by atoms with Gasteiger partial charge in [-0.25, -0.2) is 19.2 Å². The lowest BCUT2D eigenvalue weighted by molar-refractivity contribution is 0.0651. The Morgan fingerprint density at radius 3 is 1.03 bits per heavy atom. The van der Waals surface area contributed by atoms with E-state index in [4.69, 9.17) is 9.47 Å². The van der Waals surface area contributed by atoms with Gasteiger partial charge in [-0.3, -0.25) is 0 Å². The summed E-state index contributed by atoms with van der Waals surface area (Å²) in [5.41, 5.74) is -2.42. The normalized spacial score (nSPS) is 10.4. The van der Waals surface area contributed by atoms with Gasteiger partial charge >= 0.3 is 23.9 Å². The van der Waals surface area contributed by atoms with Gasteiger partial charge < -0.3 is 29.9 Å². The maximum atomic E-state index is 12.0. The van der Waals surface area contributed by atoms with Crippen LogP contribution in [0.3, 0.4) is 0 Å². The highest BCUT2D eigenvalue weighted by Gasteiger charge is 2.27. The Labute approximate surface area is 214 Å². The molecule has 0 aromatic heterocycles. The summed E-state index contributed by atoms with van der Waals surface area (Å²) in [6.45, 7) is 0. The highest BCUT2D eigenvalue weighted by molar-refractivity contribution is 6.06. The molecule has 0 spiro atoms. The highest BCUT2D eigenvalue weighted by atomic mass is 16.5. The van der Waals surface area contributed by atoms with Crippen molar-refractivity contribution in [3.63, 3.8) is 0 Å². The van der Waals surface area contributed by atoms with Gasteiger partial charge in [-0.1, -0.05) is 36.4 Å². The van der Waals surface area contributed by atoms with Crippen molar-refractivity contribution < 1.29 is 49.1 Å². The first-order valence-corrected chi connectivity index (χ1v) is 10.9. The van der Waals surface area contributed by atoms with Crippen molar-refractivity contribution in [2.45, 2.75) is 0 Å². The van der Waals surface area contributed by atoms with Gasteiger partial charge in [0.05, 0.1) is 22.3 Å². The van der Waals surface area contributed by atoms with Gasteiger partial charge in [0.25, 0.3) is 0 Å². The molecule has 0 unspecified atom stereocenters. The van der Waals surface area contributed by atoms with Crippen LogP contribution in [0.25, 0.3) is 11.1 Å². The van der Waals surface area contributed by atoms with E-state index in [9.17, 15) is 39.6 Å². The van der Waals surface area contributed by atoms with Crippen molar-refractivity contribution in [1.82, 2.24) is 0 Å². The van der Waals surface area contributed by atoms with Crippen LogP contribution in [0.4, 0.5) is 0 Å². The Morgan fingerprint density at radius 2 is 0.737 bits per heavy atom. The lowest BCUT2D eigenvalue weighted by atomic mass is 9.93. The molecule has 0 atom stereocenters. The van der Waals surface area contributed by atoms with Crippen molar-refractivity contribution >= 4 is 23.9 Å². The lowest BCUT2D eigenvalue weighted by Gasteiger charge is -2.18. The van der Waals surface area contributed by atoms with Crippen LogP contribution >= 0.6 is 0 Å². The molecule has 4 aromatic carbocycles. The van der Waals surface area contributed by atoms with Gasteiger partial charge in [0.2, 0.25) is 0 Å². The monoisotopic (exact) mass is 514 g/mol. The number of hydrogen-bond acceptors (Lipinski definition) is 6. The number of carboxylic acid groups (broad SMARTS) is 4. The number of aromatic carboxylic acids is 4. The fourth-order valence-corrected chi connectivity index (χ4v) is 3.69. The first-order chi connectivity index (χ1) is 18.2. The van der Waals surface area contributed by atoms with Gasteiger partial charge in [-0.2, -0.15) is 0 Å². The summed E-state index contributed by atoms with van der Waals surface area (Å²) in [6.07, 6.45) is 0. The molecule has 10 heteroatoms. The van der Waals surface area contributed by atoms with Crippen molar-refractivity contribution in [1.29, 1.82) is 0 Å². The van der Waals surface area contributed by atoms with E-state index in [0.717, 1.165) is 24.3 Å². The van der Waals surface area contributed by atoms with Crippen LogP contribution in [-0.2, 0) is 0 Å². The number of ether oxygens (including phenoxy) is 2. The number of para-hydroxylation sites is 2. The molecule has 0 aliphatic rings. The number of carboxylic acids is 4. The molecule has 38 heavy (non-hydrogen) atoms. The molecule has 0 aliphatic heterocycles. The number of hydrogen-bond donors (Lipinski definition) is 4. The molecule has 4 aromatic rings. The van der Waals surface area contributed by atoms with E-state index >= 15 is 0 Å². The Bertz CT molecular complexity index is 1440. The SMILES string of the molecule is O=C(O)c1cc(Oc2ccccc2)c(-c2cc(C(=O)O)c(C(=O)O)cc2Oc2ccccc2)cc1C(=O)O. The predicted octanol–water partition coefficient (Wildman–Crippen LogP) is 5.73. The first-order valence-electron chi connectivity index (χ1n) is 10.9. The fraction of sp³-hybridized carbons (Fsp3) is 0. The molecule has 190 valence electrons.